The van der Waals surface area contributed by atoms with E-state index in [1.165, 1.54) is 5.01 Å². The van der Waals surface area contributed by atoms with Crippen molar-refractivity contribution >= 4 is 46.6 Å². The summed E-state index contributed by atoms with van der Waals surface area (Å²) in [6.07, 6.45) is 1.77. The Morgan fingerprint density at radius 1 is 1.03 bits per heavy atom. The van der Waals surface area contributed by atoms with Crippen molar-refractivity contribution in [2.45, 2.75) is 13.5 Å². The SMILES string of the molecule is COc1cccc(/C=C2/C(=O)N(c3ccccc3)N=C2C)c1OCc1ccc(Cl)cc1Cl. The third kappa shape index (κ3) is 4.49. The molecule has 4 rings (SSSR count). The highest BCUT2D eigenvalue weighted by molar-refractivity contribution is 6.35. The fourth-order valence-electron chi connectivity index (χ4n) is 3.33. The number of hydrogen-bond acceptors (Lipinski definition) is 4. The minimum absolute atomic E-state index is 0.205. The third-order valence-electron chi connectivity index (χ3n) is 4.98. The lowest BCUT2D eigenvalue weighted by Gasteiger charge is -2.15. The molecule has 0 saturated heterocycles. The first-order valence-corrected chi connectivity index (χ1v) is 10.6. The Morgan fingerprint density at radius 3 is 2.53 bits per heavy atom. The van der Waals surface area contributed by atoms with Crippen LogP contribution >= 0.6 is 23.2 Å². The Balaban J connectivity index is 1.66. The molecule has 0 aromatic heterocycles. The van der Waals surface area contributed by atoms with Crippen molar-refractivity contribution in [3.63, 3.8) is 0 Å². The Kier molecular flexibility index (Phi) is 6.49. The molecule has 0 unspecified atom stereocenters. The Hall–Kier alpha value is -3.28. The first-order chi connectivity index (χ1) is 15.5. The molecule has 0 saturated carbocycles. The van der Waals surface area contributed by atoms with Gasteiger partial charge in [0, 0.05) is 21.2 Å². The lowest BCUT2D eigenvalue weighted by Crippen LogP contribution is -2.21. The number of carbonyl (C=O) groups is 1. The number of amides is 1. The smallest absolute Gasteiger partial charge is 0.280 e. The van der Waals surface area contributed by atoms with Crippen LogP contribution in [0.2, 0.25) is 10.0 Å². The fourth-order valence-corrected chi connectivity index (χ4v) is 3.80. The zero-order valence-electron chi connectivity index (χ0n) is 17.5. The van der Waals surface area contributed by atoms with Gasteiger partial charge in [0.25, 0.3) is 5.91 Å². The van der Waals surface area contributed by atoms with E-state index in [9.17, 15) is 4.79 Å². The van der Waals surface area contributed by atoms with E-state index in [-0.39, 0.29) is 12.5 Å². The molecule has 0 fully saturated rings. The van der Waals surface area contributed by atoms with Gasteiger partial charge in [-0.15, -0.1) is 0 Å². The lowest BCUT2D eigenvalue weighted by molar-refractivity contribution is -0.114. The van der Waals surface area contributed by atoms with Crippen molar-refractivity contribution < 1.29 is 14.3 Å². The molecule has 1 heterocycles. The largest absolute Gasteiger partial charge is 0.493 e. The molecule has 1 aliphatic rings. The van der Waals surface area contributed by atoms with Crippen LogP contribution in [0.25, 0.3) is 6.08 Å². The number of ether oxygens (including phenoxy) is 2. The van der Waals surface area contributed by atoms with Crippen LogP contribution in [0.15, 0.2) is 77.4 Å². The average molecular weight is 467 g/mol. The summed E-state index contributed by atoms with van der Waals surface area (Å²) >= 11 is 12.3. The van der Waals surface area contributed by atoms with Gasteiger partial charge in [-0.25, -0.2) is 0 Å². The van der Waals surface area contributed by atoms with Crippen LogP contribution in [0.5, 0.6) is 11.5 Å². The number of anilines is 1. The fraction of sp³-hybridized carbons (Fsp3) is 0.120. The summed E-state index contributed by atoms with van der Waals surface area (Å²) in [6.45, 7) is 2.02. The van der Waals surface area contributed by atoms with Gasteiger partial charge in [0.2, 0.25) is 0 Å². The number of benzene rings is 3. The van der Waals surface area contributed by atoms with Gasteiger partial charge >= 0.3 is 0 Å². The van der Waals surface area contributed by atoms with Crippen molar-refractivity contribution in [3.05, 3.63) is 93.5 Å². The molecule has 0 bridgehead atoms. The van der Waals surface area contributed by atoms with E-state index < -0.39 is 0 Å². The quantitative estimate of drug-likeness (QED) is 0.395. The lowest BCUT2D eigenvalue weighted by atomic mass is 10.1. The van der Waals surface area contributed by atoms with Crippen LogP contribution in [0.4, 0.5) is 5.69 Å². The molecular formula is C25H20Cl2N2O3. The van der Waals surface area contributed by atoms with Gasteiger partial charge in [0.15, 0.2) is 11.5 Å². The van der Waals surface area contributed by atoms with Crippen molar-refractivity contribution in [1.29, 1.82) is 0 Å². The highest BCUT2D eigenvalue weighted by Crippen LogP contribution is 2.35. The standard InChI is InChI=1S/C25H20Cl2N2O3/c1-16-21(25(30)29(28-16)20-8-4-3-5-9-20)13-17-7-6-10-23(31-2)24(17)32-15-18-11-12-19(26)14-22(18)27/h3-14H,15H2,1-2H3/b21-13+. The van der Waals surface area contributed by atoms with E-state index in [1.807, 2.05) is 48.5 Å². The molecule has 7 heteroatoms. The Bertz CT molecular complexity index is 1220. The van der Waals surface area contributed by atoms with Crippen LogP contribution in [0, 0.1) is 0 Å². The maximum atomic E-state index is 13.1. The van der Waals surface area contributed by atoms with E-state index in [2.05, 4.69) is 5.10 Å². The number of nitrogens with zero attached hydrogens (tertiary/aromatic N) is 2. The number of hydrazone groups is 1. The number of halogens is 2. The molecule has 1 amide bonds. The molecule has 1 aliphatic heterocycles. The number of carbonyl (C=O) groups excluding carboxylic acids is 1. The molecule has 0 atom stereocenters. The van der Waals surface area contributed by atoms with Crippen LogP contribution in [0.1, 0.15) is 18.1 Å². The van der Waals surface area contributed by atoms with Crippen LogP contribution in [-0.2, 0) is 11.4 Å². The Morgan fingerprint density at radius 2 is 1.81 bits per heavy atom. The molecule has 162 valence electrons. The molecule has 0 spiro atoms. The van der Waals surface area contributed by atoms with E-state index in [0.29, 0.717) is 44.1 Å². The van der Waals surface area contributed by atoms with Crippen molar-refractivity contribution in [2.24, 2.45) is 5.10 Å². The van der Waals surface area contributed by atoms with Crippen LogP contribution < -0.4 is 14.5 Å². The second-order valence-corrected chi connectivity index (χ2v) is 7.94. The number of para-hydroxylation sites is 2. The van der Waals surface area contributed by atoms with Gasteiger partial charge in [0.05, 0.1) is 24.1 Å². The molecule has 5 nitrogen and oxygen atoms in total. The highest BCUT2D eigenvalue weighted by Gasteiger charge is 2.29. The maximum Gasteiger partial charge on any atom is 0.280 e. The summed E-state index contributed by atoms with van der Waals surface area (Å²) < 4.78 is 11.6. The molecule has 32 heavy (non-hydrogen) atoms. The molecule has 0 radical (unpaired) electrons. The second-order valence-electron chi connectivity index (χ2n) is 7.10. The normalized spacial score (nSPS) is 14.6. The number of rotatable bonds is 6. The second kappa shape index (κ2) is 9.47. The molecule has 0 N–H and O–H groups in total. The summed E-state index contributed by atoms with van der Waals surface area (Å²) in [4.78, 5) is 13.1. The zero-order chi connectivity index (χ0) is 22.7. The van der Waals surface area contributed by atoms with Crippen molar-refractivity contribution in [1.82, 2.24) is 0 Å². The molecule has 3 aromatic carbocycles. The number of hydrogen-bond donors (Lipinski definition) is 0. The van der Waals surface area contributed by atoms with E-state index in [1.54, 1.807) is 38.3 Å². The zero-order valence-corrected chi connectivity index (χ0v) is 19.0. The topological polar surface area (TPSA) is 51.1 Å². The van der Waals surface area contributed by atoms with Gasteiger partial charge in [0.1, 0.15) is 6.61 Å². The van der Waals surface area contributed by atoms with Crippen molar-refractivity contribution in [3.8, 4) is 11.5 Å². The van der Waals surface area contributed by atoms with Crippen LogP contribution in [0.3, 0.4) is 0 Å². The van der Waals surface area contributed by atoms with Crippen molar-refractivity contribution in [2.75, 3.05) is 12.1 Å². The summed E-state index contributed by atoms with van der Waals surface area (Å²) in [7, 11) is 1.57. The first kappa shape index (κ1) is 21.9. The number of methoxy groups -OCH3 is 1. The Labute approximate surface area is 196 Å². The average Bonchev–Trinajstić information content (AvgIpc) is 3.08. The summed E-state index contributed by atoms with van der Waals surface area (Å²) in [5.41, 5.74) is 3.29. The van der Waals surface area contributed by atoms with E-state index in [4.69, 9.17) is 32.7 Å². The van der Waals surface area contributed by atoms with Gasteiger partial charge in [-0.2, -0.15) is 10.1 Å². The minimum atomic E-state index is -0.205. The predicted octanol–water partition coefficient (Wildman–Crippen LogP) is 6.39. The minimum Gasteiger partial charge on any atom is -0.493 e. The van der Waals surface area contributed by atoms with E-state index >= 15 is 0 Å². The maximum absolute atomic E-state index is 13.1. The van der Waals surface area contributed by atoms with Gasteiger partial charge in [-0.1, -0.05) is 59.6 Å². The first-order valence-electron chi connectivity index (χ1n) is 9.88. The van der Waals surface area contributed by atoms with Crippen LogP contribution in [-0.4, -0.2) is 18.7 Å². The molecular weight excluding hydrogens is 447 g/mol. The van der Waals surface area contributed by atoms with Gasteiger partial charge in [-0.3, -0.25) is 4.79 Å². The molecule has 0 aliphatic carbocycles. The predicted molar refractivity (Wildman–Crippen MR) is 129 cm³/mol. The summed E-state index contributed by atoms with van der Waals surface area (Å²) in [5.74, 6) is 0.847. The monoisotopic (exact) mass is 466 g/mol. The highest BCUT2D eigenvalue weighted by atomic mass is 35.5. The summed E-state index contributed by atoms with van der Waals surface area (Å²) in [6, 6.07) is 20.0. The van der Waals surface area contributed by atoms with Gasteiger partial charge in [-0.05, 0) is 43.3 Å². The van der Waals surface area contributed by atoms with Gasteiger partial charge < -0.3 is 9.47 Å². The molecule has 3 aromatic rings. The summed E-state index contributed by atoms with van der Waals surface area (Å²) in [5, 5.41) is 6.90. The third-order valence-corrected chi connectivity index (χ3v) is 5.57. The van der Waals surface area contributed by atoms with E-state index in [0.717, 1.165) is 5.56 Å².